The van der Waals surface area contributed by atoms with Crippen LogP contribution in [0.5, 0.6) is 5.75 Å². The van der Waals surface area contributed by atoms with Crippen molar-refractivity contribution in [1.82, 2.24) is 5.32 Å². The molecule has 3 nitrogen and oxygen atoms in total. The summed E-state index contributed by atoms with van der Waals surface area (Å²) < 4.78 is 18.1. The molecule has 0 saturated carbocycles. The van der Waals surface area contributed by atoms with Crippen molar-refractivity contribution in [3.63, 3.8) is 0 Å². The van der Waals surface area contributed by atoms with Gasteiger partial charge in [0.15, 0.2) is 0 Å². The summed E-state index contributed by atoms with van der Waals surface area (Å²) in [5.41, 5.74) is 1.53. The zero-order valence-electron chi connectivity index (χ0n) is 12.4. The van der Waals surface area contributed by atoms with Gasteiger partial charge in [-0.05, 0) is 62.9 Å². The van der Waals surface area contributed by atoms with Crippen molar-refractivity contribution in [2.24, 2.45) is 0 Å². The van der Waals surface area contributed by atoms with Crippen molar-refractivity contribution in [2.75, 3.05) is 19.7 Å². The molecule has 0 heterocycles. The highest BCUT2D eigenvalue weighted by Gasteiger charge is 2.06. The lowest BCUT2D eigenvalue weighted by Gasteiger charge is -2.15. The topological polar surface area (TPSA) is 41.5 Å². The minimum Gasteiger partial charge on any atom is -0.491 e. The number of aliphatic hydroxyl groups is 1. The number of rotatable bonds is 8. The maximum absolute atomic E-state index is 12.7. The zero-order chi connectivity index (χ0) is 14.9. The first-order chi connectivity index (χ1) is 10.2. The monoisotopic (exact) mass is 293 g/mol. The van der Waals surface area contributed by atoms with E-state index in [-0.39, 0.29) is 12.4 Å². The van der Waals surface area contributed by atoms with Crippen molar-refractivity contribution in [3.05, 3.63) is 41.7 Å². The molecule has 0 spiro atoms. The molecule has 0 aromatic heterocycles. The van der Waals surface area contributed by atoms with E-state index >= 15 is 0 Å². The second kappa shape index (κ2) is 8.80. The molecule has 4 heteroatoms. The largest absolute Gasteiger partial charge is 0.491 e. The molecule has 1 atom stereocenters. The number of benzene rings is 1. The van der Waals surface area contributed by atoms with Crippen LogP contribution in [-0.4, -0.2) is 30.9 Å². The van der Waals surface area contributed by atoms with Gasteiger partial charge in [0.2, 0.25) is 0 Å². The van der Waals surface area contributed by atoms with Gasteiger partial charge in [0.1, 0.15) is 24.3 Å². The third kappa shape index (κ3) is 6.27. The van der Waals surface area contributed by atoms with E-state index in [0.29, 0.717) is 12.3 Å². The van der Waals surface area contributed by atoms with E-state index < -0.39 is 6.10 Å². The van der Waals surface area contributed by atoms with Crippen LogP contribution < -0.4 is 10.1 Å². The third-order valence-electron chi connectivity index (χ3n) is 3.64. The van der Waals surface area contributed by atoms with E-state index in [0.717, 1.165) is 13.0 Å². The Morgan fingerprint density at radius 1 is 1.24 bits per heavy atom. The predicted molar refractivity (Wildman–Crippen MR) is 81.9 cm³/mol. The maximum atomic E-state index is 12.7. The standard InChI is InChI=1S/C17H24FNO2/c18-15-6-8-17(9-7-15)21-13-16(20)12-19-11-10-14-4-2-1-3-5-14/h4,6-9,16,19-20H,1-3,5,10-13H2. The van der Waals surface area contributed by atoms with Gasteiger partial charge >= 0.3 is 0 Å². The Balaban J connectivity index is 1.56. The Bertz CT molecular complexity index is 445. The predicted octanol–water partition coefficient (Wildman–Crippen LogP) is 3.05. The Kier molecular flexibility index (Phi) is 6.70. The first-order valence-electron chi connectivity index (χ1n) is 7.69. The van der Waals surface area contributed by atoms with Crippen LogP contribution in [-0.2, 0) is 0 Å². The number of aliphatic hydroxyl groups excluding tert-OH is 1. The molecule has 2 N–H and O–H groups in total. The highest BCUT2D eigenvalue weighted by atomic mass is 19.1. The number of nitrogens with one attached hydrogen (secondary N) is 1. The normalized spacial score (nSPS) is 16.4. The lowest BCUT2D eigenvalue weighted by atomic mass is 9.97. The van der Waals surface area contributed by atoms with E-state index in [1.54, 1.807) is 12.1 Å². The van der Waals surface area contributed by atoms with Gasteiger partial charge in [-0.1, -0.05) is 11.6 Å². The fraction of sp³-hybridized carbons (Fsp3) is 0.529. The summed E-state index contributed by atoms with van der Waals surface area (Å²) in [5, 5.41) is 13.1. The van der Waals surface area contributed by atoms with Crippen LogP contribution in [0.15, 0.2) is 35.9 Å². The van der Waals surface area contributed by atoms with Gasteiger partial charge in [0, 0.05) is 6.54 Å². The molecule has 1 aliphatic carbocycles. The lowest BCUT2D eigenvalue weighted by molar-refractivity contribution is 0.106. The third-order valence-corrected chi connectivity index (χ3v) is 3.64. The van der Waals surface area contributed by atoms with Crippen LogP contribution >= 0.6 is 0 Å². The van der Waals surface area contributed by atoms with Crippen molar-refractivity contribution >= 4 is 0 Å². The molecule has 116 valence electrons. The van der Waals surface area contributed by atoms with E-state index in [1.165, 1.54) is 43.4 Å². The smallest absolute Gasteiger partial charge is 0.123 e. The lowest BCUT2D eigenvalue weighted by Crippen LogP contribution is -2.32. The summed E-state index contributed by atoms with van der Waals surface area (Å²) in [6.07, 6.45) is 7.90. The molecule has 1 aliphatic rings. The van der Waals surface area contributed by atoms with Gasteiger partial charge in [-0.3, -0.25) is 0 Å². The minimum absolute atomic E-state index is 0.210. The van der Waals surface area contributed by atoms with Gasteiger partial charge in [-0.15, -0.1) is 0 Å². The number of hydrogen-bond donors (Lipinski definition) is 2. The maximum Gasteiger partial charge on any atom is 0.123 e. The Labute approximate surface area is 125 Å². The number of ether oxygens (including phenoxy) is 1. The summed E-state index contributed by atoms with van der Waals surface area (Å²) in [4.78, 5) is 0. The Hall–Kier alpha value is -1.39. The summed E-state index contributed by atoms with van der Waals surface area (Å²) >= 11 is 0. The average molecular weight is 293 g/mol. The van der Waals surface area contributed by atoms with E-state index in [2.05, 4.69) is 11.4 Å². The fourth-order valence-electron chi connectivity index (χ4n) is 2.43. The summed E-state index contributed by atoms with van der Waals surface area (Å²) in [6.45, 7) is 1.61. The first kappa shape index (κ1) is 16.0. The first-order valence-corrected chi connectivity index (χ1v) is 7.69. The van der Waals surface area contributed by atoms with Gasteiger partial charge < -0.3 is 15.2 Å². The van der Waals surface area contributed by atoms with Gasteiger partial charge in [0.25, 0.3) is 0 Å². The quantitative estimate of drug-likeness (QED) is 0.572. The second-order valence-corrected chi connectivity index (χ2v) is 5.48. The minimum atomic E-state index is -0.560. The van der Waals surface area contributed by atoms with Crippen molar-refractivity contribution in [3.8, 4) is 5.75 Å². The number of allylic oxidation sites excluding steroid dienone is 1. The molecule has 1 aromatic carbocycles. The van der Waals surface area contributed by atoms with E-state index in [1.807, 2.05) is 0 Å². The van der Waals surface area contributed by atoms with Gasteiger partial charge in [-0.25, -0.2) is 4.39 Å². The molecule has 0 aliphatic heterocycles. The van der Waals surface area contributed by atoms with Crippen LogP contribution in [0.4, 0.5) is 4.39 Å². The zero-order valence-corrected chi connectivity index (χ0v) is 12.4. The molecule has 0 amide bonds. The van der Waals surface area contributed by atoms with Crippen molar-refractivity contribution < 1.29 is 14.2 Å². The number of halogens is 1. The summed E-state index contributed by atoms with van der Waals surface area (Å²) in [5.74, 6) is 0.282. The van der Waals surface area contributed by atoms with Gasteiger partial charge in [0.05, 0.1) is 0 Å². The molecular formula is C17H24FNO2. The fourth-order valence-corrected chi connectivity index (χ4v) is 2.43. The van der Waals surface area contributed by atoms with Crippen LogP contribution in [0.2, 0.25) is 0 Å². The molecule has 2 rings (SSSR count). The van der Waals surface area contributed by atoms with E-state index in [4.69, 9.17) is 4.74 Å². The summed E-state index contributed by atoms with van der Waals surface area (Å²) in [6, 6.07) is 5.81. The van der Waals surface area contributed by atoms with Crippen molar-refractivity contribution in [2.45, 2.75) is 38.2 Å². The molecule has 0 bridgehead atoms. The molecular weight excluding hydrogens is 269 g/mol. The molecule has 0 fully saturated rings. The van der Waals surface area contributed by atoms with Crippen LogP contribution in [0.3, 0.4) is 0 Å². The van der Waals surface area contributed by atoms with Crippen LogP contribution in [0, 0.1) is 5.82 Å². The highest BCUT2D eigenvalue weighted by molar-refractivity contribution is 5.22. The summed E-state index contributed by atoms with van der Waals surface area (Å²) in [7, 11) is 0. The second-order valence-electron chi connectivity index (χ2n) is 5.48. The molecule has 1 unspecified atom stereocenters. The van der Waals surface area contributed by atoms with Crippen LogP contribution in [0.1, 0.15) is 32.1 Å². The highest BCUT2D eigenvalue weighted by Crippen LogP contribution is 2.19. The Morgan fingerprint density at radius 3 is 2.76 bits per heavy atom. The Morgan fingerprint density at radius 2 is 2.05 bits per heavy atom. The van der Waals surface area contributed by atoms with Crippen molar-refractivity contribution in [1.29, 1.82) is 0 Å². The molecule has 1 aromatic rings. The number of hydrogen-bond acceptors (Lipinski definition) is 3. The van der Waals surface area contributed by atoms with Crippen LogP contribution in [0.25, 0.3) is 0 Å². The SMILES string of the molecule is OC(CNCCC1=CCCCC1)COc1ccc(F)cc1. The molecule has 21 heavy (non-hydrogen) atoms. The average Bonchev–Trinajstić information content (AvgIpc) is 2.52. The molecule has 0 saturated heterocycles. The molecule has 0 radical (unpaired) electrons. The van der Waals surface area contributed by atoms with Gasteiger partial charge in [-0.2, -0.15) is 0 Å². The van der Waals surface area contributed by atoms with E-state index in [9.17, 15) is 9.50 Å².